The Balaban J connectivity index is 1.91. The van der Waals surface area contributed by atoms with Gasteiger partial charge in [-0.2, -0.15) is 0 Å². The first-order valence-corrected chi connectivity index (χ1v) is 6.39. The summed E-state index contributed by atoms with van der Waals surface area (Å²) in [5.41, 5.74) is 10.6. The van der Waals surface area contributed by atoms with Crippen molar-refractivity contribution >= 4 is 27.3 Å². The van der Waals surface area contributed by atoms with Crippen molar-refractivity contribution in [3.8, 4) is 0 Å². The smallest absolute Gasteiger partial charge is 0.0437 e. The van der Waals surface area contributed by atoms with Crippen molar-refractivity contribution < 1.29 is 0 Å². The summed E-state index contributed by atoms with van der Waals surface area (Å²) in [4.78, 5) is 2.36. The highest BCUT2D eigenvalue weighted by atomic mass is 79.9. The molecule has 1 aliphatic rings. The van der Waals surface area contributed by atoms with Crippen molar-refractivity contribution in [2.24, 2.45) is 0 Å². The molecule has 1 aliphatic heterocycles. The molecule has 2 nitrogen and oxygen atoms in total. The maximum atomic E-state index is 5.81. The zero-order valence-corrected chi connectivity index (χ0v) is 10.9. The molecular formula is C14H13BrN2. The van der Waals surface area contributed by atoms with Crippen molar-refractivity contribution in [1.82, 2.24) is 0 Å². The zero-order valence-electron chi connectivity index (χ0n) is 9.36. The molecule has 0 fully saturated rings. The van der Waals surface area contributed by atoms with Crippen LogP contribution in [0.3, 0.4) is 0 Å². The molecule has 2 aromatic rings. The number of nitrogens with two attached hydrogens (primary N) is 1. The number of hydrogen-bond donors (Lipinski definition) is 1. The predicted molar refractivity (Wildman–Crippen MR) is 74.9 cm³/mol. The fraction of sp³-hybridized carbons (Fsp3) is 0.143. The summed E-state index contributed by atoms with van der Waals surface area (Å²) in [7, 11) is 0. The van der Waals surface area contributed by atoms with E-state index >= 15 is 0 Å². The molecule has 3 rings (SSSR count). The van der Waals surface area contributed by atoms with Crippen molar-refractivity contribution in [1.29, 1.82) is 0 Å². The highest BCUT2D eigenvalue weighted by Crippen LogP contribution is 2.30. The Morgan fingerprint density at radius 3 is 2.65 bits per heavy atom. The second-order valence-corrected chi connectivity index (χ2v) is 5.28. The van der Waals surface area contributed by atoms with Crippen LogP contribution in [-0.2, 0) is 13.1 Å². The van der Waals surface area contributed by atoms with Crippen LogP contribution in [0.5, 0.6) is 0 Å². The number of anilines is 2. The SMILES string of the molecule is Nc1ccc2c(c1)CN(c1cccc(Br)c1)C2. The van der Waals surface area contributed by atoms with Crippen LogP contribution in [0.1, 0.15) is 11.1 Å². The van der Waals surface area contributed by atoms with Crippen LogP contribution in [-0.4, -0.2) is 0 Å². The highest BCUT2D eigenvalue weighted by molar-refractivity contribution is 9.10. The maximum absolute atomic E-state index is 5.81. The minimum atomic E-state index is 0.847. The number of fused-ring (bicyclic) bond motifs is 1. The van der Waals surface area contributed by atoms with Crippen molar-refractivity contribution in [2.75, 3.05) is 10.6 Å². The summed E-state index contributed by atoms with van der Waals surface area (Å²) in [6, 6.07) is 14.6. The molecule has 0 aromatic heterocycles. The van der Waals surface area contributed by atoms with E-state index in [1.807, 2.05) is 12.1 Å². The summed E-state index contributed by atoms with van der Waals surface area (Å²) in [5.74, 6) is 0. The molecule has 0 bridgehead atoms. The van der Waals surface area contributed by atoms with E-state index in [4.69, 9.17) is 5.73 Å². The van der Waals surface area contributed by atoms with Crippen LogP contribution in [0, 0.1) is 0 Å². The topological polar surface area (TPSA) is 29.3 Å². The van der Waals surface area contributed by atoms with Crippen LogP contribution in [0.4, 0.5) is 11.4 Å². The molecule has 0 saturated carbocycles. The van der Waals surface area contributed by atoms with Gasteiger partial charge >= 0.3 is 0 Å². The summed E-state index contributed by atoms with van der Waals surface area (Å²) in [6.07, 6.45) is 0. The summed E-state index contributed by atoms with van der Waals surface area (Å²) in [5, 5.41) is 0. The minimum Gasteiger partial charge on any atom is -0.399 e. The summed E-state index contributed by atoms with van der Waals surface area (Å²) < 4.78 is 1.12. The van der Waals surface area contributed by atoms with Gasteiger partial charge < -0.3 is 10.6 Å². The summed E-state index contributed by atoms with van der Waals surface area (Å²) >= 11 is 3.51. The lowest BCUT2D eigenvalue weighted by Crippen LogP contribution is -2.14. The first-order chi connectivity index (χ1) is 8.22. The van der Waals surface area contributed by atoms with Gasteiger partial charge in [0.15, 0.2) is 0 Å². The molecule has 2 aromatic carbocycles. The third-order valence-electron chi connectivity index (χ3n) is 3.13. The van der Waals surface area contributed by atoms with Crippen LogP contribution in [0.2, 0.25) is 0 Å². The second kappa shape index (κ2) is 4.08. The molecule has 3 heteroatoms. The van der Waals surface area contributed by atoms with Crippen LogP contribution < -0.4 is 10.6 Å². The Bertz CT molecular complexity index is 566. The molecule has 0 amide bonds. The van der Waals surface area contributed by atoms with Gasteiger partial charge in [0.1, 0.15) is 0 Å². The fourth-order valence-electron chi connectivity index (χ4n) is 2.27. The van der Waals surface area contributed by atoms with Crippen LogP contribution in [0.15, 0.2) is 46.9 Å². The molecular weight excluding hydrogens is 276 g/mol. The van der Waals surface area contributed by atoms with Gasteiger partial charge in [0.2, 0.25) is 0 Å². The van der Waals surface area contributed by atoms with E-state index in [1.54, 1.807) is 0 Å². The van der Waals surface area contributed by atoms with E-state index in [0.29, 0.717) is 0 Å². The zero-order chi connectivity index (χ0) is 11.8. The molecule has 0 saturated heterocycles. The van der Waals surface area contributed by atoms with E-state index in [-0.39, 0.29) is 0 Å². The maximum Gasteiger partial charge on any atom is 0.0437 e. The molecule has 1 heterocycles. The Morgan fingerprint density at radius 2 is 1.82 bits per heavy atom. The number of rotatable bonds is 1. The normalized spacial score (nSPS) is 13.8. The van der Waals surface area contributed by atoms with Gasteiger partial charge in [-0.3, -0.25) is 0 Å². The molecule has 0 atom stereocenters. The first-order valence-electron chi connectivity index (χ1n) is 5.60. The van der Waals surface area contributed by atoms with E-state index in [9.17, 15) is 0 Å². The molecule has 0 spiro atoms. The molecule has 2 N–H and O–H groups in total. The lowest BCUT2D eigenvalue weighted by molar-refractivity contribution is 0.880. The van der Waals surface area contributed by atoms with Crippen LogP contribution >= 0.6 is 15.9 Å². The third kappa shape index (κ3) is 2.03. The van der Waals surface area contributed by atoms with E-state index in [1.165, 1.54) is 16.8 Å². The molecule has 0 radical (unpaired) electrons. The van der Waals surface area contributed by atoms with Gasteiger partial charge in [-0.15, -0.1) is 0 Å². The average molecular weight is 289 g/mol. The van der Waals surface area contributed by atoms with E-state index in [0.717, 1.165) is 23.2 Å². The van der Waals surface area contributed by atoms with Gasteiger partial charge in [-0.05, 0) is 41.5 Å². The number of benzene rings is 2. The Labute approximate surface area is 109 Å². The van der Waals surface area contributed by atoms with Gasteiger partial charge in [0.05, 0.1) is 0 Å². The average Bonchev–Trinajstić information content (AvgIpc) is 2.72. The third-order valence-corrected chi connectivity index (χ3v) is 3.62. The number of hydrogen-bond acceptors (Lipinski definition) is 2. The van der Waals surface area contributed by atoms with Gasteiger partial charge in [-0.25, -0.2) is 0 Å². The number of nitrogen functional groups attached to an aromatic ring is 1. The van der Waals surface area contributed by atoms with Crippen molar-refractivity contribution in [2.45, 2.75) is 13.1 Å². The van der Waals surface area contributed by atoms with Crippen LogP contribution in [0.25, 0.3) is 0 Å². The molecule has 17 heavy (non-hydrogen) atoms. The monoisotopic (exact) mass is 288 g/mol. The van der Waals surface area contributed by atoms with Crippen molar-refractivity contribution in [3.05, 3.63) is 58.1 Å². The highest BCUT2D eigenvalue weighted by Gasteiger charge is 2.19. The molecule has 0 unspecified atom stereocenters. The summed E-state index contributed by atoms with van der Waals surface area (Å²) in [6.45, 7) is 1.91. The largest absolute Gasteiger partial charge is 0.399 e. The standard InChI is InChI=1S/C14H13BrN2/c15-12-2-1-3-14(7-12)17-8-10-4-5-13(16)6-11(10)9-17/h1-7H,8-9,16H2. The fourth-order valence-corrected chi connectivity index (χ4v) is 2.66. The Morgan fingerprint density at radius 1 is 1.00 bits per heavy atom. The van der Waals surface area contributed by atoms with Crippen molar-refractivity contribution in [3.63, 3.8) is 0 Å². The lowest BCUT2D eigenvalue weighted by Gasteiger charge is -2.17. The van der Waals surface area contributed by atoms with E-state index in [2.05, 4.69) is 51.2 Å². The predicted octanol–water partition coefficient (Wildman–Crippen LogP) is 3.55. The second-order valence-electron chi connectivity index (χ2n) is 4.36. The molecule has 0 aliphatic carbocycles. The Kier molecular flexibility index (Phi) is 2.56. The quantitative estimate of drug-likeness (QED) is 0.813. The van der Waals surface area contributed by atoms with E-state index < -0.39 is 0 Å². The Hall–Kier alpha value is -1.48. The minimum absolute atomic E-state index is 0.847. The van der Waals surface area contributed by atoms with Gasteiger partial charge in [-0.1, -0.05) is 28.1 Å². The lowest BCUT2D eigenvalue weighted by atomic mass is 10.1. The van der Waals surface area contributed by atoms with Gasteiger partial charge in [0.25, 0.3) is 0 Å². The molecule has 86 valence electrons. The first kappa shape index (κ1) is 10.7. The number of halogens is 1. The van der Waals surface area contributed by atoms with Gasteiger partial charge in [0, 0.05) is 28.9 Å². The number of nitrogens with zero attached hydrogens (tertiary/aromatic N) is 1.